The summed E-state index contributed by atoms with van der Waals surface area (Å²) in [4.78, 5) is 15.1. The van der Waals surface area contributed by atoms with E-state index in [1.807, 2.05) is 12.3 Å². The highest BCUT2D eigenvalue weighted by Crippen LogP contribution is 2.12. The van der Waals surface area contributed by atoms with Gasteiger partial charge in [-0.25, -0.2) is 9.78 Å². The number of nitrogens with one attached hydrogen (secondary N) is 2. The summed E-state index contributed by atoms with van der Waals surface area (Å²) in [7, 11) is 0. The maximum atomic E-state index is 11.8. The second kappa shape index (κ2) is 5.85. The number of hydrogen-bond acceptors (Lipinski definition) is 3. The quantitative estimate of drug-likeness (QED) is 0.874. The normalized spacial score (nSPS) is 11.3. The molecule has 0 bridgehead atoms. The summed E-state index contributed by atoms with van der Waals surface area (Å²) in [6.07, 6.45) is -3.87. The average molecular weight is 267 g/mol. The van der Waals surface area contributed by atoms with Crippen LogP contribution in [0.5, 0.6) is 0 Å². The number of rotatable bonds is 4. The van der Waals surface area contributed by atoms with Crippen LogP contribution in [0.1, 0.15) is 10.7 Å². The minimum atomic E-state index is -4.39. The minimum absolute atomic E-state index is 0.261. The van der Waals surface area contributed by atoms with Gasteiger partial charge in [0.2, 0.25) is 0 Å². The second-order valence-corrected chi connectivity index (χ2v) is 4.30. The predicted molar refractivity (Wildman–Crippen MR) is 58.0 cm³/mol. The first kappa shape index (κ1) is 13.8. The summed E-state index contributed by atoms with van der Waals surface area (Å²) in [6.45, 7) is 0.787. The number of aryl methyl sites for hydroxylation is 1. The van der Waals surface area contributed by atoms with Crippen molar-refractivity contribution in [1.82, 2.24) is 15.6 Å². The monoisotopic (exact) mass is 267 g/mol. The van der Waals surface area contributed by atoms with Crippen molar-refractivity contribution in [3.05, 3.63) is 16.1 Å². The number of halogens is 3. The molecule has 0 aromatic carbocycles. The molecule has 1 rings (SSSR count). The molecule has 4 nitrogen and oxygen atoms in total. The van der Waals surface area contributed by atoms with E-state index >= 15 is 0 Å². The zero-order chi connectivity index (χ0) is 12.9. The van der Waals surface area contributed by atoms with Crippen LogP contribution in [-0.2, 0) is 6.42 Å². The number of amides is 2. The van der Waals surface area contributed by atoms with Crippen molar-refractivity contribution < 1.29 is 18.0 Å². The number of carbonyl (C=O) groups excluding carboxylic acids is 1. The van der Waals surface area contributed by atoms with Gasteiger partial charge in [-0.15, -0.1) is 11.3 Å². The number of urea groups is 1. The van der Waals surface area contributed by atoms with Gasteiger partial charge in [-0.2, -0.15) is 13.2 Å². The van der Waals surface area contributed by atoms with Gasteiger partial charge in [0.15, 0.2) is 0 Å². The van der Waals surface area contributed by atoms with Gasteiger partial charge in [0.1, 0.15) is 6.54 Å². The van der Waals surface area contributed by atoms with E-state index in [1.54, 1.807) is 5.32 Å². The number of nitrogens with zero attached hydrogens (tertiary/aromatic N) is 1. The van der Waals surface area contributed by atoms with E-state index in [-0.39, 0.29) is 6.54 Å². The highest BCUT2D eigenvalue weighted by atomic mass is 32.1. The maximum absolute atomic E-state index is 11.8. The van der Waals surface area contributed by atoms with E-state index in [1.165, 1.54) is 11.3 Å². The molecule has 0 radical (unpaired) electrons. The van der Waals surface area contributed by atoms with E-state index in [9.17, 15) is 18.0 Å². The maximum Gasteiger partial charge on any atom is 0.405 e. The molecule has 8 heteroatoms. The van der Waals surface area contributed by atoms with Crippen LogP contribution in [0.2, 0.25) is 0 Å². The van der Waals surface area contributed by atoms with Gasteiger partial charge in [0.25, 0.3) is 0 Å². The first-order valence-electron chi connectivity index (χ1n) is 4.86. The minimum Gasteiger partial charge on any atom is -0.338 e. The van der Waals surface area contributed by atoms with Gasteiger partial charge >= 0.3 is 12.2 Å². The number of aromatic nitrogens is 1. The molecule has 0 unspecified atom stereocenters. The van der Waals surface area contributed by atoms with Gasteiger partial charge in [0, 0.05) is 24.0 Å². The smallest absolute Gasteiger partial charge is 0.338 e. The molecule has 1 heterocycles. The summed E-state index contributed by atoms with van der Waals surface area (Å²) in [5.41, 5.74) is 0.895. The summed E-state index contributed by atoms with van der Waals surface area (Å²) in [5, 5.41) is 6.77. The van der Waals surface area contributed by atoms with Crippen LogP contribution in [0.3, 0.4) is 0 Å². The molecule has 2 N–H and O–H groups in total. The van der Waals surface area contributed by atoms with Gasteiger partial charge in [0.05, 0.1) is 5.01 Å². The molecule has 0 atom stereocenters. The van der Waals surface area contributed by atoms with Crippen molar-refractivity contribution >= 4 is 17.4 Å². The van der Waals surface area contributed by atoms with E-state index in [2.05, 4.69) is 10.3 Å². The lowest BCUT2D eigenvalue weighted by Crippen LogP contribution is -2.41. The Morgan fingerprint density at radius 1 is 1.47 bits per heavy atom. The molecule has 0 saturated heterocycles. The summed E-state index contributed by atoms with van der Waals surface area (Å²) >= 11 is 1.46. The van der Waals surface area contributed by atoms with E-state index in [0.29, 0.717) is 6.42 Å². The highest BCUT2D eigenvalue weighted by molar-refractivity contribution is 7.09. The first-order valence-corrected chi connectivity index (χ1v) is 5.74. The molecular weight excluding hydrogens is 255 g/mol. The number of hydrogen-bond donors (Lipinski definition) is 2. The molecule has 0 aliphatic heterocycles. The largest absolute Gasteiger partial charge is 0.405 e. The number of thiazole rings is 1. The van der Waals surface area contributed by atoms with Crippen molar-refractivity contribution in [2.75, 3.05) is 13.1 Å². The molecule has 0 aliphatic carbocycles. The van der Waals surface area contributed by atoms with Crippen LogP contribution in [-0.4, -0.2) is 30.3 Å². The fourth-order valence-corrected chi connectivity index (χ4v) is 1.82. The lowest BCUT2D eigenvalue weighted by atomic mass is 10.4. The van der Waals surface area contributed by atoms with Crippen molar-refractivity contribution in [2.45, 2.75) is 19.5 Å². The molecule has 2 amide bonds. The summed E-state index contributed by atoms with van der Waals surface area (Å²) < 4.78 is 35.3. The molecule has 96 valence electrons. The highest BCUT2D eigenvalue weighted by Gasteiger charge is 2.27. The first-order chi connectivity index (χ1) is 7.87. The van der Waals surface area contributed by atoms with Gasteiger partial charge in [-0.3, -0.25) is 0 Å². The SMILES string of the molecule is Cc1csc(CCNC(=O)NCC(F)(F)F)n1. The number of alkyl halides is 3. The Balaban J connectivity index is 2.16. The van der Waals surface area contributed by atoms with E-state index in [4.69, 9.17) is 0 Å². The van der Waals surface area contributed by atoms with E-state index < -0.39 is 18.8 Å². The molecule has 1 aromatic heterocycles. The molecule has 1 aromatic rings. The third-order valence-electron chi connectivity index (χ3n) is 1.74. The Labute approximate surface area is 100 Å². The van der Waals surface area contributed by atoms with Crippen LogP contribution in [0, 0.1) is 6.92 Å². The van der Waals surface area contributed by atoms with Gasteiger partial charge < -0.3 is 10.6 Å². The molecule has 0 spiro atoms. The predicted octanol–water partition coefficient (Wildman–Crippen LogP) is 1.86. The third-order valence-corrected chi connectivity index (χ3v) is 2.77. The van der Waals surface area contributed by atoms with Crippen molar-refractivity contribution in [3.63, 3.8) is 0 Å². The Bertz CT molecular complexity index is 378. The zero-order valence-corrected chi connectivity index (χ0v) is 9.91. The van der Waals surface area contributed by atoms with Crippen molar-refractivity contribution in [1.29, 1.82) is 0 Å². The molecule has 0 aliphatic rings. The van der Waals surface area contributed by atoms with Crippen LogP contribution in [0.25, 0.3) is 0 Å². The molecule has 17 heavy (non-hydrogen) atoms. The van der Waals surface area contributed by atoms with Gasteiger partial charge in [-0.05, 0) is 6.92 Å². The fourth-order valence-electron chi connectivity index (χ4n) is 1.04. The van der Waals surface area contributed by atoms with Crippen LogP contribution in [0.4, 0.5) is 18.0 Å². The summed E-state index contributed by atoms with van der Waals surface area (Å²) in [5.74, 6) is 0. The fraction of sp³-hybridized carbons (Fsp3) is 0.556. The lowest BCUT2D eigenvalue weighted by molar-refractivity contribution is -0.122. The molecule has 0 saturated carbocycles. The third kappa shape index (κ3) is 6.10. The van der Waals surface area contributed by atoms with Crippen molar-refractivity contribution in [3.8, 4) is 0 Å². The van der Waals surface area contributed by atoms with Crippen molar-refractivity contribution in [2.24, 2.45) is 0 Å². The average Bonchev–Trinajstić information content (AvgIpc) is 2.60. The Kier molecular flexibility index (Phi) is 4.73. The number of carbonyl (C=O) groups is 1. The van der Waals surface area contributed by atoms with Crippen LogP contribution < -0.4 is 10.6 Å². The molecular formula is C9H12F3N3OS. The van der Waals surface area contributed by atoms with Crippen LogP contribution in [0.15, 0.2) is 5.38 Å². The molecule has 0 fully saturated rings. The Morgan fingerprint density at radius 2 is 2.18 bits per heavy atom. The second-order valence-electron chi connectivity index (χ2n) is 3.36. The van der Waals surface area contributed by atoms with Crippen LogP contribution >= 0.6 is 11.3 Å². The standard InChI is InChI=1S/C9H12F3N3OS/c1-6-4-17-7(15-6)2-3-13-8(16)14-5-9(10,11)12/h4H,2-3,5H2,1H3,(H2,13,14,16). The lowest BCUT2D eigenvalue weighted by Gasteiger charge is -2.09. The Morgan fingerprint density at radius 3 is 2.71 bits per heavy atom. The van der Waals surface area contributed by atoms with Gasteiger partial charge in [-0.1, -0.05) is 0 Å². The van der Waals surface area contributed by atoms with E-state index in [0.717, 1.165) is 10.7 Å². The summed E-state index contributed by atoms with van der Waals surface area (Å²) in [6, 6.07) is -0.824. The topological polar surface area (TPSA) is 54.0 Å². The zero-order valence-electron chi connectivity index (χ0n) is 9.10. The Hall–Kier alpha value is -1.31.